The van der Waals surface area contributed by atoms with Gasteiger partial charge < -0.3 is 29.9 Å². The van der Waals surface area contributed by atoms with Crippen molar-refractivity contribution in [2.45, 2.75) is 44.4 Å². The summed E-state index contributed by atoms with van der Waals surface area (Å²) in [5, 5.41) is 17.3. The second-order valence-electron chi connectivity index (χ2n) is 11.0. The van der Waals surface area contributed by atoms with Gasteiger partial charge in [-0.05, 0) is 44.4 Å². The molecule has 3 aromatic rings. The van der Waals surface area contributed by atoms with Crippen molar-refractivity contribution >= 4 is 34.2 Å². The van der Waals surface area contributed by atoms with E-state index < -0.39 is 0 Å². The molecule has 7 rings (SSSR count). The van der Waals surface area contributed by atoms with Crippen LogP contribution in [0.25, 0.3) is 11.2 Å². The standard InChI is InChI=1S/C27H33N9O2/c1-17-24(29)27(16-38-17)5-7-34(8-6-27)22-14-30-23-25(31-22)32-33-26(23)36-10-9-35(19-4-11-37-15-19)21-12-18(13-28)2-3-20(21)36/h2-3,12,14,17,19,24H,4-11,15-16,29H2,1H3,(H,31,32,33)/t17-,19-,24+/m0/s1. The molecular weight excluding hydrogens is 482 g/mol. The molecule has 3 fully saturated rings. The highest BCUT2D eigenvalue weighted by atomic mass is 16.5. The third kappa shape index (κ3) is 3.70. The molecule has 38 heavy (non-hydrogen) atoms. The zero-order valence-corrected chi connectivity index (χ0v) is 21.6. The predicted molar refractivity (Wildman–Crippen MR) is 144 cm³/mol. The Morgan fingerprint density at radius 2 is 2.05 bits per heavy atom. The quantitative estimate of drug-likeness (QED) is 0.535. The van der Waals surface area contributed by atoms with Gasteiger partial charge in [-0.2, -0.15) is 10.4 Å². The molecule has 3 atom stereocenters. The maximum absolute atomic E-state index is 9.54. The Labute approximate surface area is 221 Å². The largest absolute Gasteiger partial charge is 0.379 e. The lowest BCUT2D eigenvalue weighted by Gasteiger charge is -2.41. The van der Waals surface area contributed by atoms with Crippen LogP contribution < -0.4 is 20.4 Å². The number of hydrogen-bond donors (Lipinski definition) is 2. The highest BCUT2D eigenvalue weighted by Crippen LogP contribution is 2.43. The van der Waals surface area contributed by atoms with E-state index in [2.05, 4.69) is 37.9 Å². The van der Waals surface area contributed by atoms with Crippen molar-refractivity contribution in [2.24, 2.45) is 11.1 Å². The molecule has 198 valence electrons. The highest BCUT2D eigenvalue weighted by Gasteiger charge is 2.47. The lowest BCUT2D eigenvalue weighted by Crippen LogP contribution is -2.50. The summed E-state index contributed by atoms with van der Waals surface area (Å²) < 4.78 is 11.5. The lowest BCUT2D eigenvalue weighted by atomic mass is 9.73. The highest BCUT2D eigenvalue weighted by molar-refractivity contribution is 5.90. The first-order valence-electron chi connectivity index (χ1n) is 13.6. The van der Waals surface area contributed by atoms with Crippen molar-refractivity contribution in [1.82, 2.24) is 20.2 Å². The van der Waals surface area contributed by atoms with E-state index in [9.17, 15) is 5.26 Å². The normalized spacial score (nSPS) is 26.8. The third-order valence-electron chi connectivity index (χ3n) is 9.04. The fourth-order valence-electron chi connectivity index (χ4n) is 6.64. The van der Waals surface area contributed by atoms with Crippen LogP contribution in [0, 0.1) is 16.7 Å². The Balaban J connectivity index is 1.16. The molecule has 3 N–H and O–H groups in total. The second-order valence-corrected chi connectivity index (χ2v) is 11.0. The summed E-state index contributed by atoms with van der Waals surface area (Å²) in [5.41, 5.74) is 10.7. The number of aromatic amines is 1. The number of nitriles is 1. The molecule has 0 aliphatic carbocycles. The molecule has 4 aliphatic rings. The Morgan fingerprint density at radius 1 is 1.18 bits per heavy atom. The van der Waals surface area contributed by atoms with Gasteiger partial charge in [0.1, 0.15) is 5.82 Å². The van der Waals surface area contributed by atoms with Crippen LogP contribution in [0.1, 0.15) is 31.7 Å². The van der Waals surface area contributed by atoms with Crippen molar-refractivity contribution < 1.29 is 9.47 Å². The van der Waals surface area contributed by atoms with Gasteiger partial charge in [0.2, 0.25) is 0 Å². The first-order chi connectivity index (χ1) is 18.6. The zero-order chi connectivity index (χ0) is 25.9. The van der Waals surface area contributed by atoms with Gasteiger partial charge in [-0.15, -0.1) is 0 Å². The van der Waals surface area contributed by atoms with Crippen LogP contribution >= 0.6 is 0 Å². The number of nitrogens with two attached hydrogens (primary N) is 1. The van der Waals surface area contributed by atoms with Crippen molar-refractivity contribution in [3.8, 4) is 6.07 Å². The molecule has 11 heteroatoms. The zero-order valence-electron chi connectivity index (χ0n) is 21.6. The molecular formula is C27H33N9O2. The molecule has 3 saturated heterocycles. The van der Waals surface area contributed by atoms with Crippen LogP contribution in [0.3, 0.4) is 0 Å². The maximum atomic E-state index is 9.54. The van der Waals surface area contributed by atoms with Gasteiger partial charge in [0.05, 0.1) is 54.6 Å². The Hall–Kier alpha value is -3.46. The average Bonchev–Trinajstić information content (AvgIpc) is 3.70. The first kappa shape index (κ1) is 23.6. The molecule has 1 aromatic carbocycles. The van der Waals surface area contributed by atoms with Gasteiger partial charge in [0, 0.05) is 44.2 Å². The smallest absolute Gasteiger partial charge is 0.183 e. The molecule has 0 bridgehead atoms. The topological polar surface area (TPSA) is 132 Å². The molecule has 0 radical (unpaired) electrons. The minimum absolute atomic E-state index is 0.0696. The number of nitrogens with one attached hydrogen (secondary N) is 1. The van der Waals surface area contributed by atoms with Gasteiger partial charge in [0.25, 0.3) is 0 Å². The van der Waals surface area contributed by atoms with E-state index in [0.29, 0.717) is 23.9 Å². The molecule has 4 aliphatic heterocycles. The van der Waals surface area contributed by atoms with Crippen LogP contribution in [0.4, 0.5) is 23.0 Å². The van der Waals surface area contributed by atoms with Crippen molar-refractivity contribution in [3.63, 3.8) is 0 Å². The number of rotatable bonds is 3. The van der Waals surface area contributed by atoms with Crippen molar-refractivity contribution in [1.29, 1.82) is 5.26 Å². The van der Waals surface area contributed by atoms with E-state index >= 15 is 0 Å². The summed E-state index contributed by atoms with van der Waals surface area (Å²) >= 11 is 0. The number of anilines is 4. The summed E-state index contributed by atoms with van der Waals surface area (Å²) in [7, 11) is 0. The maximum Gasteiger partial charge on any atom is 0.183 e. The first-order valence-corrected chi connectivity index (χ1v) is 13.6. The van der Waals surface area contributed by atoms with E-state index in [1.807, 2.05) is 24.4 Å². The minimum atomic E-state index is 0.0696. The SMILES string of the molecule is C[C@@H]1OCC2(CCN(c3cnc4c(N5CCN([C@H]6CCOC6)c6cc(C#N)ccc65)n[nH]c4n3)CC2)[C@@H]1N. The van der Waals surface area contributed by atoms with E-state index in [1.54, 1.807) is 0 Å². The predicted octanol–water partition coefficient (Wildman–Crippen LogP) is 2.30. The van der Waals surface area contributed by atoms with Crippen molar-refractivity contribution in [3.05, 3.63) is 30.0 Å². The van der Waals surface area contributed by atoms with Crippen LogP contribution in [0.15, 0.2) is 24.4 Å². The van der Waals surface area contributed by atoms with Crippen LogP contribution in [0.5, 0.6) is 0 Å². The summed E-state index contributed by atoms with van der Waals surface area (Å²) in [6, 6.07) is 8.55. The van der Waals surface area contributed by atoms with E-state index in [4.69, 9.17) is 25.2 Å². The summed E-state index contributed by atoms with van der Waals surface area (Å²) in [6.07, 6.45) is 4.95. The monoisotopic (exact) mass is 515 g/mol. The molecule has 2 aromatic heterocycles. The number of H-pyrrole nitrogens is 1. The van der Waals surface area contributed by atoms with Gasteiger partial charge in [0.15, 0.2) is 17.0 Å². The molecule has 6 heterocycles. The van der Waals surface area contributed by atoms with E-state index in [1.165, 1.54) is 0 Å². The molecule has 0 unspecified atom stereocenters. The lowest BCUT2D eigenvalue weighted by molar-refractivity contribution is 0.0974. The van der Waals surface area contributed by atoms with E-state index in [-0.39, 0.29) is 17.6 Å². The molecule has 11 nitrogen and oxygen atoms in total. The molecule has 1 spiro atoms. The number of benzene rings is 1. The Kier molecular flexibility index (Phi) is 5.65. The molecule has 0 amide bonds. The Bertz CT molecular complexity index is 1390. The molecule has 0 saturated carbocycles. The van der Waals surface area contributed by atoms with Crippen molar-refractivity contribution in [2.75, 3.05) is 60.7 Å². The van der Waals surface area contributed by atoms with Gasteiger partial charge in [-0.25, -0.2) is 9.97 Å². The Morgan fingerprint density at radius 3 is 2.79 bits per heavy atom. The fraction of sp³-hybridized carbons (Fsp3) is 0.556. The van der Waals surface area contributed by atoms with Crippen LogP contribution in [-0.4, -0.2) is 84.4 Å². The average molecular weight is 516 g/mol. The number of ether oxygens (including phenoxy) is 2. The fourth-order valence-corrected chi connectivity index (χ4v) is 6.64. The van der Waals surface area contributed by atoms with Gasteiger partial charge >= 0.3 is 0 Å². The number of hydrogen-bond acceptors (Lipinski definition) is 10. The minimum Gasteiger partial charge on any atom is -0.379 e. The van der Waals surface area contributed by atoms with Crippen LogP contribution in [-0.2, 0) is 9.47 Å². The summed E-state index contributed by atoms with van der Waals surface area (Å²) in [6.45, 7) is 7.65. The third-order valence-corrected chi connectivity index (χ3v) is 9.04. The van der Waals surface area contributed by atoms with Crippen LogP contribution in [0.2, 0.25) is 0 Å². The summed E-state index contributed by atoms with van der Waals surface area (Å²) in [5.74, 6) is 1.61. The number of piperidine rings is 1. The van der Waals surface area contributed by atoms with E-state index in [0.717, 1.165) is 87.2 Å². The number of nitrogens with zero attached hydrogens (tertiary/aromatic N) is 7. The second kappa shape index (κ2) is 9.08. The summed E-state index contributed by atoms with van der Waals surface area (Å²) in [4.78, 5) is 16.6. The number of aromatic nitrogens is 4. The van der Waals surface area contributed by atoms with Gasteiger partial charge in [-0.3, -0.25) is 5.10 Å². The number of fused-ring (bicyclic) bond motifs is 2. The van der Waals surface area contributed by atoms with Gasteiger partial charge in [-0.1, -0.05) is 0 Å².